The van der Waals surface area contributed by atoms with Crippen LogP contribution in [0.3, 0.4) is 0 Å². The van der Waals surface area contributed by atoms with Gasteiger partial charge in [0.15, 0.2) is 0 Å². The highest BCUT2D eigenvalue weighted by Gasteiger charge is 2.75. The molecule has 0 saturated carbocycles. The maximum absolute atomic E-state index is 13.7. The molecule has 1 atom stereocenters. The zero-order valence-corrected chi connectivity index (χ0v) is 24.2. The molecule has 2 aromatic carbocycles. The van der Waals surface area contributed by atoms with Gasteiger partial charge in [-0.05, 0) is 69.4 Å². The summed E-state index contributed by atoms with van der Waals surface area (Å²) in [5.74, 6) is 0.392. The number of benzene rings is 2. The van der Waals surface area contributed by atoms with Crippen LogP contribution in [0.4, 0.5) is 31.1 Å². The lowest BCUT2D eigenvalue weighted by Crippen LogP contribution is -2.53. The molecule has 2 heterocycles. The van der Waals surface area contributed by atoms with E-state index in [1.54, 1.807) is 38.1 Å². The van der Waals surface area contributed by atoms with Crippen LogP contribution in [0.2, 0.25) is 0 Å². The van der Waals surface area contributed by atoms with Crippen LogP contribution in [0, 0.1) is 0 Å². The number of imide groups is 1. The molecule has 236 valence electrons. The molecule has 2 aromatic rings. The lowest BCUT2D eigenvalue weighted by atomic mass is 9.87. The van der Waals surface area contributed by atoms with Gasteiger partial charge >= 0.3 is 18.4 Å². The summed E-state index contributed by atoms with van der Waals surface area (Å²) in [6.07, 6.45) is -10.1. The standard InChI is InChI=1S/C30H34F6N2O5/c1-5-8-21-22-17-42-28(29(31,32)33,30(34,35)36)23(22)13-14-24(21)41-16-7-6-15-38-25(39)27(4,37-26(38)40)19-9-11-20(12-10-19)43-18(2)3/h9-14,18H,5-8,15-17H2,1-4H3,(H,37,40). The van der Waals surface area contributed by atoms with Crippen molar-refractivity contribution in [2.24, 2.45) is 0 Å². The summed E-state index contributed by atoms with van der Waals surface area (Å²) >= 11 is 0. The molecule has 1 fully saturated rings. The first-order chi connectivity index (χ1) is 20.1. The van der Waals surface area contributed by atoms with Gasteiger partial charge in [-0.3, -0.25) is 9.69 Å². The zero-order chi connectivity index (χ0) is 31.8. The van der Waals surface area contributed by atoms with Gasteiger partial charge in [-0.1, -0.05) is 31.5 Å². The minimum atomic E-state index is -5.70. The number of rotatable bonds is 11. The van der Waals surface area contributed by atoms with Crippen molar-refractivity contribution in [2.45, 2.75) is 89.6 Å². The number of fused-ring (bicyclic) bond motifs is 1. The molecular weight excluding hydrogens is 582 g/mol. The zero-order valence-electron chi connectivity index (χ0n) is 24.2. The van der Waals surface area contributed by atoms with E-state index in [9.17, 15) is 35.9 Å². The lowest BCUT2D eigenvalue weighted by molar-refractivity contribution is -0.385. The van der Waals surface area contributed by atoms with E-state index in [2.05, 4.69) is 10.1 Å². The lowest BCUT2D eigenvalue weighted by Gasteiger charge is -2.33. The second kappa shape index (κ2) is 11.9. The van der Waals surface area contributed by atoms with Crippen LogP contribution in [0.25, 0.3) is 0 Å². The Morgan fingerprint density at radius 3 is 2.23 bits per heavy atom. The molecule has 7 nitrogen and oxygen atoms in total. The van der Waals surface area contributed by atoms with Crippen LogP contribution in [0.5, 0.6) is 11.5 Å². The molecule has 4 rings (SSSR count). The van der Waals surface area contributed by atoms with Crippen molar-refractivity contribution in [3.63, 3.8) is 0 Å². The second-order valence-electron chi connectivity index (χ2n) is 11.0. The summed E-state index contributed by atoms with van der Waals surface area (Å²) in [5.41, 5.74) is -5.95. The Bertz CT molecular complexity index is 1330. The van der Waals surface area contributed by atoms with E-state index >= 15 is 0 Å². The quantitative estimate of drug-likeness (QED) is 0.169. The molecule has 2 aliphatic heterocycles. The van der Waals surface area contributed by atoms with E-state index < -0.39 is 47.6 Å². The monoisotopic (exact) mass is 616 g/mol. The third-order valence-electron chi connectivity index (χ3n) is 7.61. The van der Waals surface area contributed by atoms with Crippen molar-refractivity contribution in [1.82, 2.24) is 10.2 Å². The van der Waals surface area contributed by atoms with Gasteiger partial charge in [0, 0.05) is 17.7 Å². The molecular formula is C30H34F6N2O5. The number of carbonyl (C=O) groups is 2. The van der Waals surface area contributed by atoms with E-state index in [0.29, 0.717) is 30.6 Å². The van der Waals surface area contributed by atoms with Crippen LogP contribution in [0.1, 0.15) is 69.2 Å². The van der Waals surface area contributed by atoms with E-state index in [-0.39, 0.29) is 42.6 Å². The second-order valence-corrected chi connectivity index (χ2v) is 11.0. The molecule has 0 spiro atoms. The maximum Gasteiger partial charge on any atom is 0.430 e. The van der Waals surface area contributed by atoms with Crippen molar-refractivity contribution < 1.29 is 50.1 Å². The van der Waals surface area contributed by atoms with Gasteiger partial charge in [0.05, 0.1) is 19.3 Å². The number of nitrogens with one attached hydrogen (secondary N) is 1. The smallest absolute Gasteiger partial charge is 0.430 e. The van der Waals surface area contributed by atoms with Crippen molar-refractivity contribution in [3.05, 3.63) is 58.7 Å². The predicted octanol–water partition coefficient (Wildman–Crippen LogP) is 6.90. The van der Waals surface area contributed by atoms with Gasteiger partial charge in [0.2, 0.25) is 0 Å². The highest BCUT2D eigenvalue weighted by molar-refractivity contribution is 6.07. The van der Waals surface area contributed by atoms with Crippen molar-refractivity contribution >= 4 is 11.9 Å². The SMILES string of the molecule is CCCc1c(OCCCCN2C(=O)NC(C)(c3ccc(OC(C)C)cc3)C2=O)ccc2c1COC2(C(F)(F)F)C(F)(F)F. The van der Waals surface area contributed by atoms with Crippen molar-refractivity contribution in [1.29, 1.82) is 0 Å². The maximum atomic E-state index is 13.7. The molecule has 13 heteroatoms. The Morgan fingerprint density at radius 1 is 1.00 bits per heavy atom. The topological polar surface area (TPSA) is 77.1 Å². The molecule has 1 unspecified atom stereocenters. The van der Waals surface area contributed by atoms with Crippen LogP contribution in [-0.4, -0.2) is 48.4 Å². The normalized spacial score (nSPS) is 20.0. The van der Waals surface area contributed by atoms with Crippen molar-refractivity contribution in [2.75, 3.05) is 13.2 Å². The van der Waals surface area contributed by atoms with Gasteiger partial charge in [-0.25, -0.2) is 4.79 Å². The molecule has 1 N–H and O–H groups in total. The van der Waals surface area contributed by atoms with Gasteiger partial charge in [0.25, 0.3) is 11.5 Å². The van der Waals surface area contributed by atoms with Gasteiger partial charge < -0.3 is 19.5 Å². The first-order valence-electron chi connectivity index (χ1n) is 14.0. The number of amides is 3. The number of alkyl halides is 6. The number of nitrogens with zero attached hydrogens (tertiary/aromatic N) is 1. The first-order valence-corrected chi connectivity index (χ1v) is 14.0. The summed E-state index contributed by atoms with van der Waals surface area (Å²) in [7, 11) is 0. The molecule has 3 amide bonds. The average molecular weight is 617 g/mol. The minimum Gasteiger partial charge on any atom is -0.493 e. The van der Waals surface area contributed by atoms with Gasteiger partial charge in [-0.2, -0.15) is 26.3 Å². The minimum absolute atomic E-state index is 0.0214. The fourth-order valence-electron chi connectivity index (χ4n) is 5.50. The Kier molecular flexibility index (Phi) is 8.97. The Hall–Kier alpha value is -3.48. The van der Waals surface area contributed by atoms with Crippen molar-refractivity contribution in [3.8, 4) is 11.5 Å². The number of carbonyl (C=O) groups excluding carboxylic acids is 2. The van der Waals surface area contributed by atoms with E-state index in [1.165, 1.54) is 0 Å². The number of unbranched alkanes of at least 4 members (excludes halogenated alkanes) is 1. The summed E-state index contributed by atoms with van der Waals surface area (Å²) in [6, 6.07) is 8.23. The summed E-state index contributed by atoms with van der Waals surface area (Å²) in [6.45, 7) is 6.47. The molecule has 1 saturated heterocycles. The third-order valence-corrected chi connectivity index (χ3v) is 7.61. The van der Waals surface area contributed by atoms with E-state index in [1.807, 2.05) is 13.8 Å². The number of hydrogen-bond donors (Lipinski definition) is 1. The largest absolute Gasteiger partial charge is 0.493 e. The molecule has 0 aromatic heterocycles. The summed E-state index contributed by atoms with van der Waals surface area (Å²) < 4.78 is 98.4. The third kappa shape index (κ3) is 5.87. The number of hydrogen-bond acceptors (Lipinski definition) is 5. The Morgan fingerprint density at radius 2 is 1.65 bits per heavy atom. The number of halogens is 6. The fraction of sp³-hybridized carbons (Fsp3) is 0.533. The van der Waals surface area contributed by atoms with E-state index in [4.69, 9.17) is 9.47 Å². The number of urea groups is 1. The Balaban J connectivity index is 1.39. The molecule has 0 bridgehead atoms. The fourth-order valence-corrected chi connectivity index (χ4v) is 5.50. The van der Waals surface area contributed by atoms with Crippen LogP contribution in [-0.2, 0) is 33.7 Å². The molecule has 2 aliphatic rings. The molecule has 43 heavy (non-hydrogen) atoms. The average Bonchev–Trinajstić information content (AvgIpc) is 3.42. The van der Waals surface area contributed by atoms with E-state index in [0.717, 1.165) is 17.0 Å². The highest BCUT2D eigenvalue weighted by Crippen LogP contribution is 2.58. The van der Waals surface area contributed by atoms with Crippen LogP contribution in [0.15, 0.2) is 36.4 Å². The Labute approximate surface area is 245 Å². The first kappa shape index (κ1) is 32.4. The van der Waals surface area contributed by atoms with Crippen LogP contribution >= 0.6 is 0 Å². The predicted molar refractivity (Wildman–Crippen MR) is 144 cm³/mol. The summed E-state index contributed by atoms with van der Waals surface area (Å²) in [4.78, 5) is 27.0. The highest BCUT2D eigenvalue weighted by atomic mass is 19.4. The molecule has 0 aliphatic carbocycles. The number of ether oxygens (including phenoxy) is 3. The summed E-state index contributed by atoms with van der Waals surface area (Å²) in [5, 5.41) is 2.74. The van der Waals surface area contributed by atoms with Gasteiger partial charge in [-0.15, -0.1) is 0 Å². The van der Waals surface area contributed by atoms with Gasteiger partial charge in [0.1, 0.15) is 17.0 Å². The van der Waals surface area contributed by atoms with Crippen LogP contribution < -0.4 is 14.8 Å². The molecule has 0 radical (unpaired) electrons.